The number of thiophene rings is 1. The van der Waals surface area contributed by atoms with E-state index in [0.29, 0.717) is 12.5 Å². The number of benzene rings is 7. The van der Waals surface area contributed by atoms with Gasteiger partial charge >= 0.3 is 0 Å². The van der Waals surface area contributed by atoms with Crippen LogP contribution in [0.3, 0.4) is 0 Å². The van der Waals surface area contributed by atoms with E-state index in [4.69, 9.17) is 15.6 Å². The highest BCUT2D eigenvalue weighted by atomic mass is 32.1. The average Bonchev–Trinajstić information content (AvgIpc) is 3.66. The summed E-state index contributed by atoms with van der Waals surface area (Å²) in [5.41, 5.74) is 13.8. The molecule has 1 aliphatic carbocycles. The van der Waals surface area contributed by atoms with Gasteiger partial charge in [-0.25, -0.2) is 0 Å². The van der Waals surface area contributed by atoms with Crippen molar-refractivity contribution in [1.82, 2.24) is 0 Å². The van der Waals surface area contributed by atoms with E-state index in [-0.39, 0.29) is 5.84 Å². The lowest BCUT2D eigenvalue weighted by molar-refractivity contribution is 0.569. The van der Waals surface area contributed by atoms with E-state index in [9.17, 15) is 0 Å². The fourth-order valence-electron chi connectivity index (χ4n) is 7.80. The maximum absolute atomic E-state index is 7.61. The van der Waals surface area contributed by atoms with E-state index in [0.717, 1.165) is 39.7 Å². The van der Waals surface area contributed by atoms with E-state index in [1.54, 1.807) is 11.3 Å². The molecule has 7 aromatic carbocycles. The number of aliphatic imine (C=N–C) groups is 1. The summed E-state index contributed by atoms with van der Waals surface area (Å²) < 4.78 is 8.56. The normalized spacial score (nSPS) is 13.0. The monoisotopic (exact) mass is 771 g/mol. The van der Waals surface area contributed by atoms with Crippen LogP contribution in [0.5, 0.6) is 0 Å². The minimum Gasteiger partial charge on any atom is -0.461 e. The molecule has 5 heteroatoms. The molecule has 0 amide bonds. The van der Waals surface area contributed by atoms with Gasteiger partial charge in [0.2, 0.25) is 0 Å². The second kappa shape index (κ2) is 17.1. The molecule has 0 bridgehead atoms. The number of rotatable bonds is 4. The molecule has 284 valence electrons. The predicted octanol–water partition coefficient (Wildman–Crippen LogP) is 14.1. The molecule has 58 heavy (non-hydrogen) atoms. The molecule has 3 N–H and O–H groups in total. The molecular weight excluding hydrogens is 727 g/mol. The third kappa shape index (κ3) is 8.17. The molecule has 0 fully saturated rings. The highest BCUT2D eigenvalue weighted by molar-refractivity contribution is 7.25. The molecule has 1 atom stereocenters. The Hall–Kier alpha value is -6.82. The summed E-state index contributed by atoms with van der Waals surface area (Å²) in [6.07, 6.45) is 5.66. The van der Waals surface area contributed by atoms with Crippen molar-refractivity contribution in [1.29, 1.82) is 5.41 Å². The van der Waals surface area contributed by atoms with Crippen LogP contribution in [0.4, 0.5) is 0 Å². The van der Waals surface area contributed by atoms with Gasteiger partial charge in [0.25, 0.3) is 0 Å². The standard InChI is InChI=1S/C33H27NO.C13H10N2S.C7H8/c1-22-6-5-7-23(21-34-2)18-28-20-26(13-17-33(28)35-22)25-11-14-30-27(19-25)12-16-31-29-9-4-3-8-24(29)10-15-32(30)31;14-13(15)9-5-3-7-11-12(9)8-4-1-2-6-10(8)16-11;1-7-5-3-2-4-6-7/h3-18,20,25H,2,19,21H2,1H3;1-7H,(H3,14,15);2-6H,1H3. The smallest absolute Gasteiger partial charge is 0.134 e. The fraction of sp³-hybridized carbons (Fsp3) is 0.0943. The zero-order valence-corrected chi connectivity index (χ0v) is 33.6. The molecule has 0 saturated heterocycles. The van der Waals surface area contributed by atoms with Gasteiger partial charge in [0.05, 0.1) is 6.54 Å². The Balaban J connectivity index is 0.000000166. The maximum Gasteiger partial charge on any atom is 0.134 e. The average molecular weight is 772 g/mol. The van der Waals surface area contributed by atoms with Gasteiger partial charge in [-0.1, -0.05) is 145 Å². The summed E-state index contributed by atoms with van der Waals surface area (Å²) >= 11 is 1.74. The maximum atomic E-state index is 7.61. The van der Waals surface area contributed by atoms with Crippen LogP contribution in [0.1, 0.15) is 45.1 Å². The molecular formula is C53H45N3OS. The Bertz CT molecular complexity index is 3040. The minimum absolute atomic E-state index is 0.133. The lowest BCUT2D eigenvalue weighted by Crippen LogP contribution is -2.10. The van der Waals surface area contributed by atoms with Crippen LogP contribution in [0.25, 0.3) is 58.8 Å². The van der Waals surface area contributed by atoms with Crippen molar-refractivity contribution in [3.05, 3.63) is 209 Å². The number of hydrogen-bond donors (Lipinski definition) is 2. The van der Waals surface area contributed by atoms with Gasteiger partial charge in [-0.3, -0.25) is 10.4 Å². The number of nitrogens with one attached hydrogen (secondary N) is 1. The van der Waals surface area contributed by atoms with Gasteiger partial charge in [-0.2, -0.15) is 0 Å². The van der Waals surface area contributed by atoms with Gasteiger partial charge in [0.1, 0.15) is 17.2 Å². The Morgan fingerprint density at radius 2 is 1.45 bits per heavy atom. The van der Waals surface area contributed by atoms with Gasteiger partial charge in [0, 0.05) is 37.0 Å². The molecule has 0 radical (unpaired) electrons. The van der Waals surface area contributed by atoms with Gasteiger partial charge in [0.15, 0.2) is 0 Å². The molecule has 0 spiro atoms. The van der Waals surface area contributed by atoms with Crippen LogP contribution in [0.2, 0.25) is 0 Å². The third-order valence-electron chi connectivity index (χ3n) is 10.6. The van der Waals surface area contributed by atoms with E-state index >= 15 is 0 Å². The summed E-state index contributed by atoms with van der Waals surface area (Å²) in [6.45, 7) is 8.31. The number of nitrogen functional groups attached to an aromatic ring is 1. The third-order valence-corrected chi connectivity index (χ3v) is 11.8. The van der Waals surface area contributed by atoms with Crippen molar-refractivity contribution in [2.75, 3.05) is 0 Å². The number of allylic oxidation sites excluding steroid dienone is 1. The first-order valence-electron chi connectivity index (χ1n) is 19.5. The van der Waals surface area contributed by atoms with Crippen molar-refractivity contribution in [2.24, 2.45) is 10.7 Å². The summed E-state index contributed by atoms with van der Waals surface area (Å²) in [5, 5.41) is 16.2. The van der Waals surface area contributed by atoms with Crippen molar-refractivity contribution < 1.29 is 4.42 Å². The van der Waals surface area contributed by atoms with Crippen LogP contribution >= 0.6 is 11.3 Å². The quantitative estimate of drug-likeness (QED) is 0.106. The summed E-state index contributed by atoms with van der Waals surface area (Å²) in [7, 11) is 0. The molecule has 2 aromatic heterocycles. The second-order valence-electron chi connectivity index (χ2n) is 14.7. The highest BCUT2D eigenvalue weighted by Gasteiger charge is 2.18. The first kappa shape index (κ1) is 38.1. The minimum atomic E-state index is 0.133. The van der Waals surface area contributed by atoms with E-state index in [2.05, 4.69) is 140 Å². The molecule has 2 heterocycles. The Morgan fingerprint density at radius 1 is 0.707 bits per heavy atom. The van der Waals surface area contributed by atoms with Gasteiger partial charge in [-0.05, 0) is 107 Å². The molecule has 0 saturated carbocycles. The number of amidine groups is 1. The summed E-state index contributed by atoms with van der Waals surface area (Å²) in [5.74, 6) is 1.32. The van der Waals surface area contributed by atoms with E-state index < -0.39 is 0 Å². The Kier molecular flexibility index (Phi) is 11.2. The van der Waals surface area contributed by atoms with Crippen molar-refractivity contribution in [2.45, 2.75) is 32.7 Å². The van der Waals surface area contributed by atoms with E-state index in [1.807, 2.05) is 61.5 Å². The highest BCUT2D eigenvalue weighted by Crippen LogP contribution is 2.38. The van der Waals surface area contributed by atoms with Crippen molar-refractivity contribution in [3.8, 4) is 0 Å². The van der Waals surface area contributed by atoms with Crippen LogP contribution < -0.4 is 5.73 Å². The SMILES string of the molecule is C=NCc1cccc(C)oc2ccc(C3C=Cc4c(ccc5c4ccc4ccccc45)C3)cc2c1.Cc1ccccc1.N=C(N)c1cccc2sc3ccccc3c12. The lowest BCUT2D eigenvalue weighted by Gasteiger charge is -2.22. The second-order valence-corrected chi connectivity index (χ2v) is 15.8. The van der Waals surface area contributed by atoms with Crippen LogP contribution in [0.15, 0.2) is 179 Å². The predicted molar refractivity (Wildman–Crippen MR) is 250 cm³/mol. The molecule has 9 aromatic rings. The van der Waals surface area contributed by atoms with Crippen LogP contribution in [0, 0.1) is 19.3 Å². The number of nitrogens with two attached hydrogens (primary N) is 1. The Morgan fingerprint density at radius 3 is 2.24 bits per heavy atom. The first-order valence-corrected chi connectivity index (χ1v) is 20.4. The largest absolute Gasteiger partial charge is 0.461 e. The number of aryl methyl sites for hydroxylation is 2. The van der Waals surface area contributed by atoms with Gasteiger partial charge in [-0.15, -0.1) is 11.3 Å². The molecule has 4 nitrogen and oxygen atoms in total. The fourth-order valence-corrected chi connectivity index (χ4v) is 8.94. The van der Waals surface area contributed by atoms with Crippen LogP contribution in [-0.2, 0) is 13.0 Å². The number of fused-ring (bicyclic) bond motifs is 9. The summed E-state index contributed by atoms with van der Waals surface area (Å²) in [6, 6.07) is 57.0. The molecule has 10 rings (SSSR count). The molecule has 0 aliphatic heterocycles. The summed E-state index contributed by atoms with van der Waals surface area (Å²) in [4.78, 5) is 4.09. The lowest BCUT2D eigenvalue weighted by atomic mass is 9.82. The van der Waals surface area contributed by atoms with Crippen LogP contribution in [-0.4, -0.2) is 12.6 Å². The van der Waals surface area contributed by atoms with Gasteiger partial charge < -0.3 is 10.2 Å². The zero-order valence-electron chi connectivity index (χ0n) is 32.8. The first-order chi connectivity index (χ1) is 28.4. The molecule has 1 unspecified atom stereocenters. The Labute approximate surface area is 343 Å². The zero-order chi connectivity index (χ0) is 40.0. The van der Waals surface area contributed by atoms with E-state index in [1.165, 1.54) is 58.6 Å². The topological polar surface area (TPSA) is 75.4 Å². The number of hydrogen-bond acceptors (Lipinski definition) is 4. The van der Waals surface area contributed by atoms with Crippen molar-refractivity contribution in [3.63, 3.8) is 0 Å². The number of nitrogens with zero attached hydrogens (tertiary/aromatic N) is 1. The molecule has 1 aliphatic rings. The van der Waals surface area contributed by atoms with Crippen molar-refractivity contribution >= 4 is 82.7 Å².